The van der Waals surface area contributed by atoms with Crippen LogP contribution in [0.4, 0.5) is 11.4 Å². The second kappa shape index (κ2) is 7.85. The van der Waals surface area contributed by atoms with Crippen LogP contribution in [0.2, 0.25) is 0 Å². The molecule has 1 aromatic carbocycles. The number of amides is 1. The Kier molecular flexibility index (Phi) is 5.10. The standard InChI is InChI=1S/C23H20N4OS/c1-3-13-27(17-8-6-15(2)7-9-17)23(28)21-20(24)18-10-11-19(26-22(18)29-21)16-5-4-12-25-14-16/h3-12,14H,1,13,24H2,2H3. The van der Waals surface area contributed by atoms with Crippen LogP contribution in [0.5, 0.6) is 0 Å². The van der Waals surface area contributed by atoms with Gasteiger partial charge in [0.2, 0.25) is 0 Å². The molecular formula is C23H20N4OS. The van der Waals surface area contributed by atoms with E-state index in [4.69, 9.17) is 10.7 Å². The topological polar surface area (TPSA) is 72.1 Å². The minimum Gasteiger partial charge on any atom is -0.397 e. The third-order valence-corrected chi connectivity index (χ3v) is 5.75. The molecule has 6 heteroatoms. The number of nitrogens with zero attached hydrogens (tertiary/aromatic N) is 3. The number of nitrogen functional groups attached to an aromatic ring is 1. The van der Waals surface area contributed by atoms with Gasteiger partial charge in [-0.3, -0.25) is 9.78 Å². The Bertz CT molecular complexity index is 1180. The molecule has 4 rings (SSSR count). The summed E-state index contributed by atoms with van der Waals surface area (Å²) in [7, 11) is 0. The highest BCUT2D eigenvalue weighted by molar-refractivity contribution is 7.21. The van der Waals surface area contributed by atoms with E-state index in [1.54, 1.807) is 23.4 Å². The van der Waals surface area contributed by atoms with E-state index in [1.165, 1.54) is 11.3 Å². The molecular weight excluding hydrogens is 380 g/mol. The zero-order valence-corrected chi connectivity index (χ0v) is 16.8. The van der Waals surface area contributed by atoms with Crippen LogP contribution in [0.3, 0.4) is 0 Å². The molecule has 0 saturated carbocycles. The second-order valence-electron chi connectivity index (χ2n) is 6.68. The number of hydrogen-bond donors (Lipinski definition) is 1. The molecule has 0 unspecified atom stereocenters. The zero-order valence-electron chi connectivity index (χ0n) is 16.0. The van der Waals surface area contributed by atoms with Crippen LogP contribution in [-0.4, -0.2) is 22.4 Å². The third-order valence-electron chi connectivity index (χ3n) is 4.65. The predicted octanol–water partition coefficient (Wildman–Crippen LogP) is 5.08. The maximum Gasteiger partial charge on any atom is 0.270 e. The van der Waals surface area contributed by atoms with Crippen LogP contribution in [0.1, 0.15) is 15.2 Å². The first-order valence-electron chi connectivity index (χ1n) is 9.17. The zero-order chi connectivity index (χ0) is 20.4. The lowest BCUT2D eigenvalue weighted by molar-refractivity contribution is 0.0994. The summed E-state index contributed by atoms with van der Waals surface area (Å²) in [5, 5.41) is 0.786. The molecule has 0 atom stereocenters. The number of hydrogen-bond acceptors (Lipinski definition) is 5. The number of aromatic nitrogens is 2. The molecule has 29 heavy (non-hydrogen) atoms. The summed E-state index contributed by atoms with van der Waals surface area (Å²) in [5.74, 6) is -0.155. The van der Waals surface area contributed by atoms with Gasteiger partial charge in [0.15, 0.2) is 0 Å². The van der Waals surface area contributed by atoms with E-state index in [0.29, 0.717) is 17.1 Å². The Morgan fingerprint density at radius 2 is 2.00 bits per heavy atom. The van der Waals surface area contributed by atoms with Crippen molar-refractivity contribution in [3.8, 4) is 11.3 Å². The Morgan fingerprint density at radius 3 is 2.69 bits per heavy atom. The number of aryl methyl sites for hydroxylation is 1. The van der Waals surface area contributed by atoms with Crippen molar-refractivity contribution in [3.05, 3.63) is 84.0 Å². The van der Waals surface area contributed by atoms with E-state index in [1.807, 2.05) is 55.5 Å². The maximum atomic E-state index is 13.3. The van der Waals surface area contributed by atoms with Gasteiger partial charge in [-0.15, -0.1) is 17.9 Å². The lowest BCUT2D eigenvalue weighted by Gasteiger charge is -2.21. The van der Waals surface area contributed by atoms with E-state index >= 15 is 0 Å². The highest BCUT2D eigenvalue weighted by Crippen LogP contribution is 2.35. The van der Waals surface area contributed by atoms with Crippen molar-refractivity contribution in [1.29, 1.82) is 0 Å². The normalized spacial score (nSPS) is 10.8. The number of pyridine rings is 2. The fourth-order valence-corrected chi connectivity index (χ4v) is 4.16. The van der Waals surface area contributed by atoms with Gasteiger partial charge in [0, 0.05) is 35.6 Å². The van der Waals surface area contributed by atoms with Gasteiger partial charge in [-0.1, -0.05) is 23.8 Å². The first-order valence-corrected chi connectivity index (χ1v) is 9.99. The predicted molar refractivity (Wildman–Crippen MR) is 120 cm³/mol. The molecule has 0 aliphatic carbocycles. The Balaban J connectivity index is 1.75. The summed E-state index contributed by atoms with van der Waals surface area (Å²) >= 11 is 1.31. The fraction of sp³-hybridized carbons (Fsp3) is 0.0870. The maximum absolute atomic E-state index is 13.3. The number of thiophene rings is 1. The Morgan fingerprint density at radius 1 is 1.21 bits per heavy atom. The minimum atomic E-state index is -0.155. The minimum absolute atomic E-state index is 0.155. The van der Waals surface area contributed by atoms with E-state index in [-0.39, 0.29) is 5.91 Å². The summed E-state index contributed by atoms with van der Waals surface area (Å²) in [6.45, 7) is 6.20. The second-order valence-corrected chi connectivity index (χ2v) is 7.67. The molecule has 4 aromatic rings. The van der Waals surface area contributed by atoms with Crippen molar-refractivity contribution in [2.45, 2.75) is 6.92 Å². The van der Waals surface area contributed by atoms with Crippen LogP contribution in [-0.2, 0) is 0 Å². The van der Waals surface area contributed by atoms with Crippen molar-refractivity contribution >= 4 is 38.8 Å². The first kappa shape index (κ1) is 18.8. The highest BCUT2D eigenvalue weighted by Gasteiger charge is 2.23. The van der Waals surface area contributed by atoms with Gasteiger partial charge in [-0.2, -0.15) is 0 Å². The van der Waals surface area contributed by atoms with E-state index in [9.17, 15) is 4.79 Å². The number of carbonyl (C=O) groups is 1. The van der Waals surface area contributed by atoms with Gasteiger partial charge in [0.25, 0.3) is 5.91 Å². The van der Waals surface area contributed by atoms with Crippen molar-refractivity contribution in [3.63, 3.8) is 0 Å². The van der Waals surface area contributed by atoms with Gasteiger partial charge < -0.3 is 10.6 Å². The number of benzene rings is 1. The van der Waals surface area contributed by atoms with Crippen LogP contribution >= 0.6 is 11.3 Å². The molecule has 0 fully saturated rings. The van der Waals surface area contributed by atoms with Crippen molar-refractivity contribution in [2.75, 3.05) is 17.2 Å². The molecule has 5 nitrogen and oxygen atoms in total. The summed E-state index contributed by atoms with van der Waals surface area (Å²) in [6.07, 6.45) is 5.20. The molecule has 0 aliphatic heterocycles. The molecule has 0 saturated heterocycles. The Hall–Kier alpha value is -3.51. The van der Waals surface area contributed by atoms with Gasteiger partial charge in [0.1, 0.15) is 9.71 Å². The average molecular weight is 401 g/mol. The summed E-state index contributed by atoms with van der Waals surface area (Å²) in [5.41, 5.74) is 10.5. The van der Waals surface area contributed by atoms with E-state index < -0.39 is 0 Å². The summed E-state index contributed by atoms with van der Waals surface area (Å²) < 4.78 is 0. The Labute approximate surface area is 173 Å². The molecule has 0 bridgehead atoms. The molecule has 2 N–H and O–H groups in total. The quantitative estimate of drug-likeness (QED) is 0.474. The van der Waals surface area contributed by atoms with Gasteiger partial charge in [-0.25, -0.2) is 4.98 Å². The first-order chi connectivity index (χ1) is 14.1. The lowest BCUT2D eigenvalue weighted by Crippen LogP contribution is -2.30. The number of nitrogens with two attached hydrogens (primary N) is 1. The van der Waals surface area contributed by atoms with Gasteiger partial charge in [0.05, 0.1) is 11.4 Å². The largest absolute Gasteiger partial charge is 0.397 e. The van der Waals surface area contributed by atoms with Gasteiger partial charge in [-0.05, 0) is 43.3 Å². The van der Waals surface area contributed by atoms with Crippen LogP contribution in [0, 0.1) is 6.92 Å². The monoisotopic (exact) mass is 400 g/mol. The molecule has 0 radical (unpaired) electrons. The summed E-state index contributed by atoms with van der Waals surface area (Å²) in [6, 6.07) is 15.5. The highest BCUT2D eigenvalue weighted by atomic mass is 32.1. The molecule has 0 aliphatic rings. The van der Waals surface area contributed by atoms with Crippen LogP contribution < -0.4 is 10.6 Å². The molecule has 3 heterocycles. The number of fused-ring (bicyclic) bond motifs is 1. The van der Waals surface area contributed by atoms with Crippen molar-refractivity contribution in [1.82, 2.24) is 9.97 Å². The fourth-order valence-electron chi connectivity index (χ4n) is 3.11. The molecule has 1 amide bonds. The average Bonchev–Trinajstić information content (AvgIpc) is 3.09. The van der Waals surface area contributed by atoms with Gasteiger partial charge >= 0.3 is 0 Å². The number of anilines is 2. The third kappa shape index (κ3) is 3.62. The number of carbonyl (C=O) groups excluding carboxylic acids is 1. The lowest BCUT2D eigenvalue weighted by atomic mass is 10.1. The SMILES string of the molecule is C=CCN(C(=O)c1sc2nc(-c3cccnc3)ccc2c1N)c1ccc(C)cc1. The van der Waals surface area contributed by atoms with Crippen molar-refractivity contribution < 1.29 is 4.79 Å². The molecule has 3 aromatic heterocycles. The molecule has 144 valence electrons. The number of rotatable bonds is 5. The van der Waals surface area contributed by atoms with E-state index in [2.05, 4.69) is 11.6 Å². The molecule has 0 spiro atoms. The van der Waals surface area contributed by atoms with Crippen LogP contribution in [0.25, 0.3) is 21.5 Å². The van der Waals surface area contributed by atoms with Crippen LogP contribution in [0.15, 0.2) is 73.6 Å². The smallest absolute Gasteiger partial charge is 0.270 e. The van der Waals surface area contributed by atoms with E-state index in [0.717, 1.165) is 32.7 Å². The van der Waals surface area contributed by atoms with Crippen molar-refractivity contribution in [2.24, 2.45) is 0 Å². The summed E-state index contributed by atoms with van der Waals surface area (Å²) in [4.78, 5) is 25.1.